The number of amides is 2. The van der Waals surface area contributed by atoms with Crippen molar-refractivity contribution in [3.8, 4) is 0 Å². The Kier molecular flexibility index (Phi) is 7.49. The van der Waals surface area contributed by atoms with Crippen molar-refractivity contribution in [1.82, 2.24) is 24.9 Å². The second kappa shape index (κ2) is 10.7. The minimum atomic E-state index is -2.53. The number of nitrogens with zero attached hydrogens (tertiary/aromatic N) is 6. The van der Waals surface area contributed by atoms with Crippen molar-refractivity contribution in [2.45, 2.75) is 31.9 Å². The van der Waals surface area contributed by atoms with Gasteiger partial charge in [-0.05, 0) is 43.2 Å². The molecule has 1 aliphatic rings. The number of pyridine rings is 1. The zero-order valence-electron chi connectivity index (χ0n) is 19.3. The topological polar surface area (TPSA) is 119 Å². The first kappa shape index (κ1) is 24.5. The first-order valence-corrected chi connectivity index (χ1v) is 11.3. The van der Waals surface area contributed by atoms with E-state index in [0.717, 1.165) is 12.8 Å². The van der Waals surface area contributed by atoms with E-state index in [4.69, 9.17) is 10.5 Å². The van der Waals surface area contributed by atoms with Crippen molar-refractivity contribution in [1.29, 1.82) is 0 Å². The number of benzene rings is 1. The molecular formula is C23H27F2N7O3. The summed E-state index contributed by atoms with van der Waals surface area (Å²) in [6, 6.07) is 7.97. The number of likely N-dealkylation sites (N-methyl/N-ethyl adjacent to an activating group) is 1. The van der Waals surface area contributed by atoms with Crippen molar-refractivity contribution >= 4 is 28.7 Å². The van der Waals surface area contributed by atoms with Gasteiger partial charge < -0.3 is 20.3 Å². The van der Waals surface area contributed by atoms with Crippen molar-refractivity contribution in [3.63, 3.8) is 0 Å². The summed E-state index contributed by atoms with van der Waals surface area (Å²) in [7, 11) is 1.76. The van der Waals surface area contributed by atoms with Crippen LogP contribution in [0, 0.1) is 0 Å². The van der Waals surface area contributed by atoms with Gasteiger partial charge in [-0.15, -0.1) is 5.10 Å². The zero-order valence-corrected chi connectivity index (χ0v) is 19.3. The van der Waals surface area contributed by atoms with Crippen LogP contribution in [0.2, 0.25) is 0 Å². The summed E-state index contributed by atoms with van der Waals surface area (Å²) in [6.45, 7) is 1.91. The van der Waals surface area contributed by atoms with E-state index >= 15 is 0 Å². The number of nitrogens with two attached hydrogens (primary N) is 1. The summed E-state index contributed by atoms with van der Waals surface area (Å²) >= 11 is 0. The average molecular weight is 488 g/mol. The number of halogens is 2. The maximum atomic E-state index is 12.7. The van der Waals surface area contributed by atoms with E-state index in [1.165, 1.54) is 12.3 Å². The van der Waals surface area contributed by atoms with Crippen molar-refractivity contribution in [2.75, 3.05) is 38.3 Å². The first-order chi connectivity index (χ1) is 16.8. The van der Waals surface area contributed by atoms with Crippen molar-refractivity contribution in [3.05, 3.63) is 47.7 Å². The molecular weight excluding hydrogens is 460 g/mol. The molecule has 3 aromatic rings. The Bertz CT molecular complexity index is 1180. The second-order valence-corrected chi connectivity index (χ2v) is 8.41. The van der Waals surface area contributed by atoms with Crippen LogP contribution in [0.5, 0.6) is 0 Å². The van der Waals surface area contributed by atoms with Crippen LogP contribution in [-0.2, 0) is 16.1 Å². The fourth-order valence-corrected chi connectivity index (χ4v) is 4.10. The van der Waals surface area contributed by atoms with Crippen molar-refractivity contribution < 1.29 is 23.1 Å². The Morgan fingerprint density at radius 3 is 2.66 bits per heavy atom. The number of carbonyl (C=O) groups excluding carboxylic acids is 2. The van der Waals surface area contributed by atoms with E-state index in [1.807, 2.05) is 4.90 Å². The number of ether oxygens (including phenoxy) is 1. The molecule has 12 heteroatoms. The maximum absolute atomic E-state index is 12.7. The first-order valence-electron chi connectivity index (χ1n) is 11.3. The fourth-order valence-electron chi connectivity index (χ4n) is 4.10. The molecule has 2 N–H and O–H groups in total. The second-order valence-electron chi connectivity index (χ2n) is 8.41. The summed E-state index contributed by atoms with van der Waals surface area (Å²) < 4.78 is 32.6. The van der Waals surface area contributed by atoms with Gasteiger partial charge in [0.25, 0.3) is 6.43 Å². The molecule has 1 fully saturated rings. The smallest absolute Gasteiger partial charge is 0.265 e. The molecule has 2 amide bonds. The Balaban J connectivity index is 1.22. The van der Waals surface area contributed by atoms with Crippen LogP contribution in [0.15, 0.2) is 36.5 Å². The molecule has 1 saturated heterocycles. The summed E-state index contributed by atoms with van der Waals surface area (Å²) in [5.41, 5.74) is 6.91. The molecule has 4 rings (SSSR count). The van der Waals surface area contributed by atoms with Crippen molar-refractivity contribution in [2.24, 2.45) is 5.73 Å². The third kappa shape index (κ3) is 5.70. The summed E-state index contributed by atoms with van der Waals surface area (Å²) in [5, 5.41) is 8.11. The van der Waals surface area contributed by atoms with Gasteiger partial charge >= 0.3 is 0 Å². The molecule has 2 aromatic heterocycles. The molecule has 10 nitrogen and oxygen atoms in total. The minimum absolute atomic E-state index is 0.0630. The normalized spacial score (nSPS) is 14.6. The number of hydrogen-bond acceptors (Lipinski definition) is 7. The lowest BCUT2D eigenvalue weighted by molar-refractivity contribution is -0.137. The van der Waals surface area contributed by atoms with Crippen LogP contribution >= 0.6 is 0 Å². The number of fused-ring (bicyclic) bond motifs is 1. The van der Waals surface area contributed by atoms with Gasteiger partial charge in [-0.1, -0.05) is 5.21 Å². The molecule has 1 aromatic carbocycles. The highest BCUT2D eigenvalue weighted by atomic mass is 19.3. The number of hydrogen-bond donors (Lipinski definition) is 1. The molecule has 0 unspecified atom stereocenters. The zero-order chi connectivity index (χ0) is 24.9. The Morgan fingerprint density at radius 1 is 1.23 bits per heavy atom. The van der Waals surface area contributed by atoms with Gasteiger partial charge in [-0.3, -0.25) is 9.59 Å². The van der Waals surface area contributed by atoms with Gasteiger partial charge in [-0.25, -0.2) is 18.4 Å². The molecule has 35 heavy (non-hydrogen) atoms. The molecule has 3 heterocycles. The number of rotatable bonds is 9. The SMILES string of the molecule is CN(C(=O)COCCn1nnc2ccc(C(N)=O)cc21)C1CCN(c2ccc(C(F)F)cn2)CC1. The molecule has 0 spiro atoms. The van der Waals surface area contributed by atoms with Gasteiger partial charge in [-0.2, -0.15) is 0 Å². The lowest BCUT2D eigenvalue weighted by Crippen LogP contribution is -2.46. The van der Waals surface area contributed by atoms with Gasteiger partial charge in [0.2, 0.25) is 11.8 Å². The third-order valence-electron chi connectivity index (χ3n) is 6.22. The number of primary amides is 1. The minimum Gasteiger partial charge on any atom is -0.370 e. The lowest BCUT2D eigenvalue weighted by Gasteiger charge is -2.37. The third-order valence-corrected chi connectivity index (χ3v) is 6.22. The molecule has 0 bridgehead atoms. The van der Waals surface area contributed by atoms with Crippen LogP contribution in [0.3, 0.4) is 0 Å². The maximum Gasteiger partial charge on any atom is 0.265 e. The monoisotopic (exact) mass is 487 g/mol. The number of anilines is 1. The van der Waals surface area contributed by atoms with Crippen LogP contribution in [0.25, 0.3) is 11.0 Å². The quantitative estimate of drug-likeness (QED) is 0.459. The van der Waals surface area contributed by atoms with E-state index in [2.05, 4.69) is 15.3 Å². The van der Waals surface area contributed by atoms with Gasteiger partial charge in [0.05, 0.1) is 18.7 Å². The van der Waals surface area contributed by atoms with Crippen LogP contribution < -0.4 is 10.6 Å². The predicted molar refractivity (Wildman–Crippen MR) is 124 cm³/mol. The van der Waals surface area contributed by atoms with Crippen LogP contribution in [0.1, 0.15) is 35.2 Å². The molecule has 0 saturated carbocycles. The predicted octanol–water partition coefficient (Wildman–Crippen LogP) is 2.01. The highest BCUT2D eigenvalue weighted by molar-refractivity contribution is 5.96. The largest absolute Gasteiger partial charge is 0.370 e. The number of carbonyl (C=O) groups is 2. The van der Waals surface area contributed by atoms with E-state index in [1.54, 1.807) is 40.9 Å². The number of piperidine rings is 1. The fraction of sp³-hybridized carbons (Fsp3) is 0.435. The Labute approximate surface area is 200 Å². The van der Waals surface area contributed by atoms with Gasteiger partial charge in [0.1, 0.15) is 17.9 Å². The summed E-state index contributed by atoms with van der Waals surface area (Å²) in [4.78, 5) is 31.9. The van der Waals surface area contributed by atoms with Crippen LogP contribution in [0.4, 0.5) is 14.6 Å². The van der Waals surface area contributed by atoms with Gasteiger partial charge in [0, 0.05) is 43.5 Å². The lowest BCUT2D eigenvalue weighted by atomic mass is 10.0. The highest BCUT2D eigenvalue weighted by Gasteiger charge is 2.26. The van der Waals surface area contributed by atoms with Crippen LogP contribution in [-0.4, -0.2) is 76.1 Å². The van der Waals surface area contributed by atoms with E-state index in [9.17, 15) is 18.4 Å². The molecule has 0 radical (unpaired) electrons. The molecule has 0 aliphatic carbocycles. The average Bonchev–Trinajstić information content (AvgIpc) is 3.28. The summed E-state index contributed by atoms with van der Waals surface area (Å²) in [5.74, 6) is 0.00680. The number of alkyl halides is 2. The summed E-state index contributed by atoms with van der Waals surface area (Å²) in [6.07, 6.45) is 0.161. The Hall–Kier alpha value is -3.67. The Morgan fingerprint density at radius 2 is 2.00 bits per heavy atom. The highest BCUT2D eigenvalue weighted by Crippen LogP contribution is 2.23. The van der Waals surface area contributed by atoms with Gasteiger partial charge in [0.15, 0.2) is 0 Å². The standard InChI is InChI=1S/C23H27F2N7O3/c1-30(17-6-8-31(9-7-17)20-5-3-16(13-27-20)22(24)25)21(33)14-35-11-10-32-19-12-15(23(26)34)2-4-18(19)28-29-32/h2-5,12-13,17,22H,6-11,14H2,1H3,(H2,26,34). The molecule has 1 aliphatic heterocycles. The van der Waals surface area contributed by atoms with E-state index < -0.39 is 12.3 Å². The number of aromatic nitrogens is 4. The molecule has 0 atom stereocenters. The molecule has 186 valence electrons. The van der Waals surface area contributed by atoms with E-state index in [0.29, 0.717) is 42.0 Å². The van der Waals surface area contributed by atoms with E-state index in [-0.39, 0.29) is 30.7 Å².